The number of nitrogens with zero attached hydrogens (tertiary/aromatic N) is 5. The maximum absolute atomic E-state index is 5.53. The first-order valence-electron chi connectivity index (χ1n) is 46.8. The third-order valence-electron chi connectivity index (χ3n) is 26.9. The van der Waals surface area contributed by atoms with Crippen LogP contribution in [0.5, 0.6) is 5.75 Å². The summed E-state index contributed by atoms with van der Waals surface area (Å²) in [5, 5.41) is 0. The number of hydrogen-bond acceptors (Lipinski definition) is 6. The van der Waals surface area contributed by atoms with Crippen LogP contribution in [0.3, 0.4) is 0 Å². The van der Waals surface area contributed by atoms with Gasteiger partial charge in [0.1, 0.15) is 5.75 Å². The average molecular weight is 1730 g/mol. The Labute approximate surface area is 796 Å². The number of benzene rings is 20. The summed E-state index contributed by atoms with van der Waals surface area (Å²) in [7, 11) is 1.72. The van der Waals surface area contributed by atoms with Crippen LogP contribution in [0.2, 0.25) is 0 Å². The molecule has 20 aromatic rings. The van der Waals surface area contributed by atoms with Crippen molar-refractivity contribution in [1.29, 1.82) is 0 Å². The molecule has 0 bridgehead atoms. The second kappa shape index (κ2) is 38.9. The Bertz CT molecular complexity index is 7280. The van der Waals surface area contributed by atoms with Crippen molar-refractivity contribution in [2.45, 2.75) is 20.8 Å². The number of aryl methyl sites for hydroxylation is 3. The lowest BCUT2D eigenvalue weighted by Crippen LogP contribution is -2.58. The van der Waals surface area contributed by atoms with E-state index in [4.69, 9.17) is 4.74 Å². The van der Waals surface area contributed by atoms with Gasteiger partial charge in [-0.25, -0.2) is 0 Å². The summed E-state index contributed by atoms with van der Waals surface area (Å²) in [5.41, 5.74) is 42.4. The first-order chi connectivity index (χ1) is 66.8. The van der Waals surface area contributed by atoms with Crippen molar-refractivity contribution in [2.24, 2.45) is 0 Å². The zero-order valence-corrected chi connectivity index (χ0v) is 76.2. The highest BCUT2D eigenvalue weighted by Crippen LogP contribution is 2.46. The summed E-state index contributed by atoms with van der Waals surface area (Å²) in [6, 6.07) is 187. The maximum Gasteiger partial charge on any atom is 0.329 e. The predicted molar refractivity (Wildman–Crippen MR) is 580 cm³/mol. The number of hydrogen-bond donors (Lipinski definition) is 0. The lowest BCUT2D eigenvalue weighted by molar-refractivity contribution is 0.415. The predicted octanol–water partition coefficient (Wildman–Crippen LogP) is 24.0. The fraction of sp³-hybridized carbons (Fsp3) is 0.0323. The second-order valence-electron chi connectivity index (χ2n) is 34.9. The van der Waals surface area contributed by atoms with E-state index in [2.05, 4.69) is 560 Å². The molecule has 0 N–H and O–H groups in total. The van der Waals surface area contributed by atoms with Gasteiger partial charge in [0.15, 0.2) is 0 Å². The Hall–Kier alpha value is -16.5. The lowest BCUT2D eigenvalue weighted by atomic mass is 9.45. The first kappa shape index (κ1) is 85.3. The van der Waals surface area contributed by atoms with Crippen molar-refractivity contribution in [3.8, 4) is 61.4 Å². The van der Waals surface area contributed by atoms with E-state index in [1.807, 2.05) is 6.07 Å². The summed E-state index contributed by atoms with van der Waals surface area (Å²) >= 11 is 0. The molecule has 0 saturated carbocycles. The summed E-state index contributed by atoms with van der Waals surface area (Å²) in [6.07, 6.45) is 0. The second-order valence-corrected chi connectivity index (χ2v) is 34.9. The van der Waals surface area contributed by atoms with E-state index in [0.717, 1.165) is 5.75 Å². The van der Waals surface area contributed by atoms with Gasteiger partial charge in [0, 0.05) is 84.7 Å². The van der Waals surface area contributed by atoms with E-state index >= 15 is 0 Å². The molecule has 0 fully saturated rings. The third kappa shape index (κ3) is 16.8. The van der Waals surface area contributed by atoms with E-state index in [9.17, 15) is 0 Å². The summed E-state index contributed by atoms with van der Waals surface area (Å²) in [4.78, 5) is 12.4. The fourth-order valence-electron chi connectivity index (χ4n) is 20.8. The molecule has 0 spiro atoms. The number of methoxy groups -OCH3 is 1. The van der Waals surface area contributed by atoms with Crippen molar-refractivity contribution >= 4 is 146 Å². The molecule has 0 saturated heterocycles. The Balaban J connectivity index is 0.000000101. The molecule has 0 aromatic heterocycles. The lowest BCUT2D eigenvalue weighted by Gasteiger charge is -2.39. The smallest absolute Gasteiger partial charge is 0.329 e. The van der Waals surface area contributed by atoms with Crippen LogP contribution in [-0.4, -0.2) is 41.3 Å². The van der Waals surface area contributed by atoms with Crippen LogP contribution >= 0.6 is 0 Å². The normalized spacial score (nSPS) is 12.4. The molecular formula is C124H98B5N5O. The van der Waals surface area contributed by atoms with Gasteiger partial charge in [0.25, 0.3) is 0 Å². The van der Waals surface area contributed by atoms with Crippen LogP contribution in [0, 0.1) is 20.8 Å². The molecule has 0 radical (unpaired) electrons. The number of para-hydroxylation sites is 10. The Morgan fingerprint density at radius 1 is 0.163 bits per heavy atom. The number of fused-ring (bicyclic) bond motifs is 15. The third-order valence-corrected chi connectivity index (χ3v) is 26.9. The number of anilines is 10. The highest BCUT2D eigenvalue weighted by atomic mass is 16.5. The largest absolute Gasteiger partial charge is 0.497 e. The van der Waals surface area contributed by atoms with Gasteiger partial charge in [-0.2, -0.15) is 0 Å². The fourth-order valence-corrected chi connectivity index (χ4v) is 20.8. The topological polar surface area (TPSA) is 25.4 Å². The minimum Gasteiger partial charge on any atom is -0.497 e. The SMILES string of the molecule is COc1cccc(B2c3ccccc3-c3ccccc3N2c2ccccc2)c1.Cc1ccc(B2c3ccccc3-c3ccccc3N2c2ccccc2)cc1.Cc1ccccc1B1c2ccccc2-c2ccccc2N1c1ccccc1.Cc1ccccc1N1B(c2ccccc2)c2ccccc2-c2ccccc21.c1ccc(B2c3ccccc3-c3ccccc3N2c2ccccc2)cc1. The van der Waals surface area contributed by atoms with Gasteiger partial charge in [-0.15, -0.1) is 0 Å². The minimum absolute atomic E-state index is 0.0728. The van der Waals surface area contributed by atoms with Crippen molar-refractivity contribution in [3.05, 3.63) is 538 Å². The van der Waals surface area contributed by atoms with Gasteiger partial charge < -0.3 is 28.8 Å². The maximum atomic E-state index is 5.53. The van der Waals surface area contributed by atoms with Gasteiger partial charge in [-0.05, 0) is 189 Å². The van der Waals surface area contributed by atoms with Gasteiger partial charge >= 0.3 is 34.2 Å². The molecule has 20 aromatic carbocycles. The molecule has 6 nitrogen and oxygen atoms in total. The summed E-state index contributed by atoms with van der Waals surface area (Å²) in [6.45, 7) is 7.23. The van der Waals surface area contributed by atoms with E-state index in [1.165, 1.54) is 184 Å². The molecule has 0 unspecified atom stereocenters. The quantitative estimate of drug-likeness (QED) is 0.120. The molecule has 11 heteroatoms. The zero-order valence-electron chi connectivity index (χ0n) is 76.2. The highest BCUT2D eigenvalue weighted by molar-refractivity contribution is 6.93. The highest BCUT2D eigenvalue weighted by Gasteiger charge is 2.43. The van der Waals surface area contributed by atoms with E-state index in [1.54, 1.807) is 7.11 Å². The van der Waals surface area contributed by atoms with Gasteiger partial charge in [0.2, 0.25) is 0 Å². The van der Waals surface area contributed by atoms with Crippen molar-refractivity contribution in [3.63, 3.8) is 0 Å². The van der Waals surface area contributed by atoms with E-state index in [0.29, 0.717) is 0 Å². The average Bonchev–Trinajstić information content (AvgIpc) is 0.756. The molecular weight excluding hydrogens is 1630 g/mol. The molecule has 135 heavy (non-hydrogen) atoms. The van der Waals surface area contributed by atoms with Crippen LogP contribution in [0.15, 0.2) is 522 Å². The minimum atomic E-state index is 0.0728. The molecule has 5 aliphatic heterocycles. The van der Waals surface area contributed by atoms with Crippen LogP contribution in [0.25, 0.3) is 55.6 Å². The van der Waals surface area contributed by atoms with E-state index < -0.39 is 0 Å². The van der Waals surface area contributed by atoms with Crippen LogP contribution < -0.4 is 83.4 Å². The number of ether oxygens (including phenoxy) is 1. The van der Waals surface area contributed by atoms with Crippen LogP contribution in [0.4, 0.5) is 56.9 Å². The Morgan fingerprint density at radius 2 is 0.393 bits per heavy atom. The summed E-state index contributed by atoms with van der Waals surface area (Å²) < 4.78 is 5.53. The van der Waals surface area contributed by atoms with Crippen LogP contribution in [-0.2, 0) is 0 Å². The van der Waals surface area contributed by atoms with E-state index in [-0.39, 0.29) is 34.2 Å². The van der Waals surface area contributed by atoms with Gasteiger partial charge in [-0.3, -0.25) is 0 Å². The molecule has 640 valence electrons. The van der Waals surface area contributed by atoms with Crippen molar-refractivity contribution in [2.75, 3.05) is 31.2 Å². The first-order valence-corrected chi connectivity index (χ1v) is 46.8. The molecule has 5 aliphatic rings. The van der Waals surface area contributed by atoms with Crippen molar-refractivity contribution in [1.82, 2.24) is 0 Å². The number of rotatable bonds is 11. The summed E-state index contributed by atoms with van der Waals surface area (Å²) in [5.74, 6) is 0.877. The van der Waals surface area contributed by atoms with Crippen LogP contribution in [0.1, 0.15) is 16.7 Å². The molecule has 0 atom stereocenters. The molecule has 25 rings (SSSR count). The van der Waals surface area contributed by atoms with Gasteiger partial charge in [-0.1, -0.05) is 452 Å². The van der Waals surface area contributed by atoms with Crippen molar-refractivity contribution < 1.29 is 4.74 Å². The van der Waals surface area contributed by atoms with Gasteiger partial charge in [0.05, 0.1) is 7.11 Å². The Morgan fingerprint density at radius 3 is 0.719 bits per heavy atom. The standard InChI is InChI=1S/C25H20BNO.3C25H20BN.C24H18BN/c1-28-21-13-9-10-19(18-21)26-24-16-7-5-14-22(24)23-15-6-8-17-25(23)27(26)20-11-3-2-4-12-20;1-19-11-5-9-17-24(19)27-25-18-10-7-15-22(25)21-14-6-8-16-23(21)26(27)20-12-3-2-4-13-20;1-19-11-5-8-16-23(19)26-24-17-9-6-14-21(24)22-15-7-10-18-25(22)27(26)20-12-3-2-4-13-20;1-19-15-17-20(18-16-19)26-24-13-7-5-11-22(24)23-12-6-8-14-25(23)27(26)21-9-3-2-4-10-21;1-3-11-19(12-4-1)25-23-17-9-7-15-21(23)22-16-8-10-18-24(22)26(25)20-13-5-2-6-14-20/h2-18H,1H3;3*2-18H,1H3;1-18H. The molecule has 5 heterocycles. The zero-order chi connectivity index (χ0) is 90.9. The molecule has 0 aliphatic carbocycles. The molecule has 0 amide bonds. The monoisotopic (exact) mass is 1730 g/mol. The Kier molecular flexibility index (Phi) is 24.6.